The number of amides is 1. The number of hydrogen-bond acceptors (Lipinski definition) is 5. The summed E-state index contributed by atoms with van der Waals surface area (Å²) in [5, 5.41) is 14.4. The number of rotatable bonds is 7. The lowest BCUT2D eigenvalue weighted by Gasteiger charge is -2.40. The van der Waals surface area contributed by atoms with E-state index in [0.717, 1.165) is 62.0 Å². The lowest BCUT2D eigenvalue weighted by molar-refractivity contribution is -0.0647. The normalized spacial score (nSPS) is 22.2. The Morgan fingerprint density at radius 1 is 1.24 bits per heavy atom. The van der Waals surface area contributed by atoms with Gasteiger partial charge in [-0.1, -0.05) is 23.7 Å². The van der Waals surface area contributed by atoms with E-state index >= 15 is 0 Å². The van der Waals surface area contributed by atoms with Gasteiger partial charge in [0.1, 0.15) is 5.75 Å². The standard InChI is InChI=1S/C27H36ClN3O3/c1-17-3-8-22-23(26(17)32)15-24(34-25(22)16-29)19-10-13-31(14-11-19)12-9-18(2)30-27(33)20-4-6-21(28)7-5-20/h3-8,18-19,24-25,32H,9-16,29H2,1-2H3,(H,30,33). The summed E-state index contributed by atoms with van der Waals surface area (Å²) in [7, 11) is 0. The maximum absolute atomic E-state index is 12.4. The molecule has 34 heavy (non-hydrogen) atoms. The lowest BCUT2D eigenvalue weighted by atomic mass is 9.83. The Labute approximate surface area is 207 Å². The van der Waals surface area contributed by atoms with Gasteiger partial charge in [0.05, 0.1) is 12.2 Å². The molecule has 0 saturated carbocycles. The molecule has 2 aliphatic heterocycles. The number of piperidine rings is 1. The summed E-state index contributed by atoms with van der Waals surface area (Å²) in [6.07, 6.45) is 3.72. The molecule has 2 heterocycles. The number of nitrogens with two attached hydrogens (primary N) is 1. The highest BCUT2D eigenvalue weighted by molar-refractivity contribution is 6.30. The number of nitrogens with zero attached hydrogens (tertiary/aromatic N) is 1. The molecule has 4 N–H and O–H groups in total. The fraction of sp³-hybridized carbons (Fsp3) is 0.519. The summed E-state index contributed by atoms with van der Waals surface area (Å²) < 4.78 is 6.41. The van der Waals surface area contributed by atoms with Crippen molar-refractivity contribution in [2.75, 3.05) is 26.2 Å². The van der Waals surface area contributed by atoms with Crippen LogP contribution in [-0.2, 0) is 11.2 Å². The van der Waals surface area contributed by atoms with Gasteiger partial charge in [-0.15, -0.1) is 0 Å². The smallest absolute Gasteiger partial charge is 0.251 e. The molecule has 3 unspecified atom stereocenters. The molecule has 2 aromatic carbocycles. The van der Waals surface area contributed by atoms with Crippen molar-refractivity contribution >= 4 is 17.5 Å². The van der Waals surface area contributed by atoms with Gasteiger partial charge in [0.15, 0.2) is 0 Å². The van der Waals surface area contributed by atoms with Gasteiger partial charge in [0, 0.05) is 41.7 Å². The molecular weight excluding hydrogens is 450 g/mol. The number of phenols is 1. The fourth-order valence-electron chi connectivity index (χ4n) is 5.18. The lowest BCUT2D eigenvalue weighted by Crippen LogP contribution is -2.43. The summed E-state index contributed by atoms with van der Waals surface area (Å²) in [6, 6.07) is 11.0. The third-order valence-electron chi connectivity index (χ3n) is 7.35. The number of likely N-dealkylation sites (tertiary alicyclic amines) is 1. The van der Waals surface area contributed by atoms with E-state index in [1.165, 1.54) is 0 Å². The first kappa shape index (κ1) is 25.0. The predicted molar refractivity (Wildman–Crippen MR) is 135 cm³/mol. The Morgan fingerprint density at radius 2 is 1.94 bits per heavy atom. The monoisotopic (exact) mass is 485 g/mol. The number of carbonyl (C=O) groups excluding carboxylic acids is 1. The van der Waals surface area contributed by atoms with Crippen molar-refractivity contribution in [1.82, 2.24) is 10.2 Å². The SMILES string of the molecule is Cc1ccc2c(c1O)CC(C1CCN(CCC(C)NC(=O)c3ccc(Cl)cc3)CC1)OC2CN. The van der Waals surface area contributed by atoms with Crippen LogP contribution in [0.3, 0.4) is 0 Å². The van der Waals surface area contributed by atoms with Crippen LogP contribution >= 0.6 is 11.6 Å². The molecule has 1 saturated heterocycles. The summed E-state index contributed by atoms with van der Waals surface area (Å²) in [5.74, 6) is 0.794. The van der Waals surface area contributed by atoms with Crippen molar-refractivity contribution < 1.29 is 14.6 Å². The zero-order valence-corrected chi connectivity index (χ0v) is 20.9. The molecule has 184 valence electrons. The average Bonchev–Trinajstić information content (AvgIpc) is 2.85. The average molecular weight is 486 g/mol. The van der Waals surface area contributed by atoms with Crippen molar-refractivity contribution in [1.29, 1.82) is 0 Å². The molecule has 0 bridgehead atoms. The molecule has 7 heteroatoms. The van der Waals surface area contributed by atoms with Crippen LogP contribution < -0.4 is 11.1 Å². The quantitative estimate of drug-likeness (QED) is 0.546. The van der Waals surface area contributed by atoms with Crippen LogP contribution in [0, 0.1) is 12.8 Å². The van der Waals surface area contributed by atoms with Crippen LogP contribution in [-0.4, -0.2) is 54.2 Å². The van der Waals surface area contributed by atoms with Gasteiger partial charge in [-0.25, -0.2) is 0 Å². The van der Waals surface area contributed by atoms with Crippen LogP contribution in [0.1, 0.15) is 59.3 Å². The number of fused-ring (bicyclic) bond motifs is 1. The zero-order valence-electron chi connectivity index (χ0n) is 20.1. The molecular formula is C27H36ClN3O3. The van der Waals surface area contributed by atoms with E-state index in [0.29, 0.717) is 28.8 Å². The van der Waals surface area contributed by atoms with E-state index in [2.05, 4.69) is 17.1 Å². The van der Waals surface area contributed by atoms with Gasteiger partial charge < -0.3 is 25.8 Å². The molecule has 0 aromatic heterocycles. The van der Waals surface area contributed by atoms with E-state index in [9.17, 15) is 9.90 Å². The summed E-state index contributed by atoms with van der Waals surface area (Å²) >= 11 is 5.91. The second kappa shape index (κ2) is 11.1. The van der Waals surface area contributed by atoms with Crippen LogP contribution in [0.4, 0.5) is 0 Å². The molecule has 0 spiro atoms. The topological polar surface area (TPSA) is 87.8 Å². The number of halogens is 1. The largest absolute Gasteiger partial charge is 0.507 e. The molecule has 2 aromatic rings. The molecule has 6 nitrogen and oxygen atoms in total. The first-order valence-corrected chi connectivity index (χ1v) is 12.7. The van der Waals surface area contributed by atoms with Crippen LogP contribution in [0.15, 0.2) is 36.4 Å². The van der Waals surface area contributed by atoms with Gasteiger partial charge in [0.25, 0.3) is 5.91 Å². The van der Waals surface area contributed by atoms with Crippen LogP contribution in [0.25, 0.3) is 0 Å². The van der Waals surface area contributed by atoms with Gasteiger partial charge in [-0.2, -0.15) is 0 Å². The Hall–Kier alpha value is -2.12. The van der Waals surface area contributed by atoms with Crippen molar-refractivity contribution in [3.05, 3.63) is 63.7 Å². The molecule has 2 aliphatic rings. The molecule has 1 amide bonds. The summed E-state index contributed by atoms with van der Waals surface area (Å²) in [6.45, 7) is 7.40. The van der Waals surface area contributed by atoms with Gasteiger partial charge >= 0.3 is 0 Å². The predicted octanol–water partition coefficient (Wildman–Crippen LogP) is 4.22. The van der Waals surface area contributed by atoms with E-state index in [1.54, 1.807) is 24.3 Å². The van der Waals surface area contributed by atoms with Crippen LogP contribution in [0.2, 0.25) is 5.02 Å². The van der Waals surface area contributed by atoms with Gasteiger partial charge in [-0.05, 0) is 87.5 Å². The molecule has 0 radical (unpaired) electrons. The maximum atomic E-state index is 12.4. The molecule has 1 fully saturated rings. The van der Waals surface area contributed by atoms with E-state index in [-0.39, 0.29) is 24.2 Å². The Bertz CT molecular complexity index is 989. The van der Waals surface area contributed by atoms with Gasteiger partial charge in [0.2, 0.25) is 0 Å². The van der Waals surface area contributed by atoms with Crippen LogP contribution in [0.5, 0.6) is 5.75 Å². The van der Waals surface area contributed by atoms with E-state index < -0.39 is 0 Å². The van der Waals surface area contributed by atoms with Crippen molar-refractivity contribution in [2.24, 2.45) is 11.7 Å². The fourth-order valence-corrected chi connectivity index (χ4v) is 5.31. The number of carbonyl (C=O) groups is 1. The van der Waals surface area contributed by atoms with Crippen molar-refractivity contribution in [3.8, 4) is 5.75 Å². The van der Waals surface area contributed by atoms with E-state index in [1.807, 2.05) is 19.1 Å². The number of benzene rings is 2. The third-order valence-corrected chi connectivity index (χ3v) is 7.60. The number of phenolic OH excluding ortho intramolecular Hbond substituents is 1. The zero-order chi connectivity index (χ0) is 24.2. The minimum Gasteiger partial charge on any atom is -0.507 e. The minimum absolute atomic E-state index is 0.0643. The summed E-state index contributed by atoms with van der Waals surface area (Å²) in [4.78, 5) is 14.9. The van der Waals surface area contributed by atoms with Crippen molar-refractivity contribution in [3.63, 3.8) is 0 Å². The highest BCUT2D eigenvalue weighted by atomic mass is 35.5. The minimum atomic E-state index is -0.150. The third kappa shape index (κ3) is 5.74. The van der Waals surface area contributed by atoms with Crippen molar-refractivity contribution in [2.45, 2.75) is 57.8 Å². The number of aromatic hydroxyl groups is 1. The summed E-state index contributed by atoms with van der Waals surface area (Å²) in [5.41, 5.74) is 9.60. The Balaban J connectivity index is 1.25. The second-order valence-corrected chi connectivity index (χ2v) is 10.2. The molecule has 3 atom stereocenters. The highest BCUT2D eigenvalue weighted by Gasteiger charge is 2.35. The number of ether oxygens (including phenoxy) is 1. The first-order valence-electron chi connectivity index (χ1n) is 12.3. The molecule has 0 aliphatic carbocycles. The number of hydrogen-bond donors (Lipinski definition) is 3. The first-order chi connectivity index (χ1) is 16.4. The van der Waals surface area contributed by atoms with E-state index in [4.69, 9.17) is 22.1 Å². The second-order valence-electron chi connectivity index (χ2n) is 9.75. The Kier molecular flexibility index (Phi) is 8.14. The van der Waals surface area contributed by atoms with Gasteiger partial charge in [-0.3, -0.25) is 4.79 Å². The number of aryl methyl sites for hydroxylation is 1. The number of nitrogens with one attached hydrogen (secondary N) is 1. The maximum Gasteiger partial charge on any atom is 0.251 e. The Morgan fingerprint density at radius 3 is 2.62 bits per heavy atom. The highest BCUT2D eigenvalue weighted by Crippen LogP contribution is 2.40. The molecule has 4 rings (SSSR count).